The highest BCUT2D eigenvalue weighted by Gasteiger charge is 2.40. The van der Waals surface area contributed by atoms with Crippen molar-refractivity contribution in [1.82, 2.24) is 15.3 Å². The van der Waals surface area contributed by atoms with Crippen molar-refractivity contribution in [2.75, 3.05) is 0 Å². The molecule has 1 saturated carbocycles. The number of para-hydroxylation sites is 1. The molecule has 6 heteroatoms. The average Bonchev–Trinajstić information content (AvgIpc) is 3.32. The van der Waals surface area contributed by atoms with Crippen LogP contribution in [0.5, 0.6) is 5.75 Å². The number of hydrogen-bond acceptors (Lipinski definition) is 4. The summed E-state index contributed by atoms with van der Waals surface area (Å²) in [5.74, 6) is 0.165. The summed E-state index contributed by atoms with van der Waals surface area (Å²) in [4.78, 5) is 18.0. The number of phenolic OH excluding ortho intramolecular Hbond substituents is 1. The Kier molecular flexibility index (Phi) is 5.82. The van der Waals surface area contributed by atoms with E-state index in [1.54, 1.807) is 24.5 Å². The van der Waals surface area contributed by atoms with Crippen LogP contribution in [-0.2, 0) is 5.54 Å². The number of carbonyl (C=O) groups excluding carboxylic acids is 1. The number of nitrogens with one attached hydrogen (secondary N) is 1. The van der Waals surface area contributed by atoms with Crippen LogP contribution in [-0.4, -0.2) is 26.8 Å². The second kappa shape index (κ2) is 9.06. The minimum absolute atomic E-state index is 0.165. The third-order valence-corrected chi connectivity index (χ3v) is 6.79. The first-order valence-electron chi connectivity index (χ1n) is 11.6. The van der Waals surface area contributed by atoms with E-state index in [0.717, 1.165) is 42.5 Å². The van der Waals surface area contributed by atoms with E-state index in [9.17, 15) is 9.90 Å². The zero-order valence-electron chi connectivity index (χ0n) is 18.5. The molecular weight excluding hydrogens is 412 g/mol. The Labute approximate surface area is 194 Å². The number of urea groups is 1. The lowest BCUT2D eigenvalue weighted by atomic mass is 9.76. The molecule has 6 nitrogen and oxygen atoms in total. The van der Waals surface area contributed by atoms with Crippen LogP contribution in [0, 0.1) is 0 Å². The lowest BCUT2D eigenvalue weighted by Gasteiger charge is -2.40. The molecule has 1 fully saturated rings. The molecule has 3 aromatic rings. The van der Waals surface area contributed by atoms with Gasteiger partial charge in [-0.3, -0.25) is 4.98 Å². The van der Waals surface area contributed by atoms with Gasteiger partial charge in [0.05, 0.1) is 17.3 Å². The van der Waals surface area contributed by atoms with Gasteiger partial charge in [-0.2, -0.15) is 5.10 Å². The second-order valence-electron chi connectivity index (χ2n) is 8.85. The van der Waals surface area contributed by atoms with E-state index in [1.165, 1.54) is 11.4 Å². The minimum Gasteiger partial charge on any atom is -0.508 e. The molecule has 2 N–H and O–H groups in total. The van der Waals surface area contributed by atoms with Crippen molar-refractivity contribution >= 4 is 11.7 Å². The number of aromatic nitrogens is 1. The van der Waals surface area contributed by atoms with Gasteiger partial charge in [0.15, 0.2) is 0 Å². The molecular formula is C27H28N4O2. The molecule has 1 aliphatic heterocycles. The Morgan fingerprint density at radius 2 is 1.73 bits per heavy atom. The third-order valence-electron chi connectivity index (χ3n) is 6.79. The molecule has 5 rings (SSSR count). The van der Waals surface area contributed by atoms with Gasteiger partial charge >= 0.3 is 6.03 Å². The van der Waals surface area contributed by atoms with E-state index in [-0.39, 0.29) is 11.8 Å². The molecule has 1 aliphatic carbocycles. The van der Waals surface area contributed by atoms with Crippen LogP contribution < -0.4 is 5.32 Å². The molecule has 0 saturated heterocycles. The van der Waals surface area contributed by atoms with Crippen LogP contribution >= 0.6 is 0 Å². The summed E-state index contributed by atoms with van der Waals surface area (Å²) in [6.45, 7) is 0. The van der Waals surface area contributed by atoms with E-state index >= 15 is 0 Å². The molecule has 33 heavy (non-hydrogen) atoms. The van der Waals surface area contributed by atoms with Crippen LogP contribution in [0.4, 0.5) is 4.79 Å². The lowest BCUT2D eigenvalue weighted by Crippen LogP contribution is -2.51. The van der Waals surface area contributed by atoms with Crippen LogP contribution in [0.1, 0.15) is 61.3 Å². The fourth-order valence-corrected chi connectivity index (χ4v) is 5.08. The molecule has 1 unspecified atom stereocenters. The number of nitrogens with zero attached hydrogens (tertiary/aromatic N) is 3. The Hall–Kier alpha value is -3.67. The maximum Gasteiger partial charge on any atom is 0.339 e. The molecule has 2 heterocycles. The zero-order valence-corrected chi connectivity index (χ0v) is 18.5. The topological polar surface area (TPSA) is 77.8 Å². The van der Waals surface area contributed by atoms with Gasteiger partial charge in [-0.05, 0) is 30.5 Å². The highest BCUT2D eigenvalue weighted by atomic mass is 16.3. The van der Waals surface area contributed by atoms with E-state index in [1.807, 2.05) is 42.5 Å². The number of aromatic hydroxyl groups is 1. The monoisotopic (exact) mass is 440 g/mol. The standard InChI is InChI=1S/C27H28N4O2/c32-25-14-6-5-13-22(25)24-18-23(20-10-9-17-28-19-20)30-31(24)26(33)29-27(15-7-2-8-16-27)21-11-3-1-4-12-21/h1,3-6,9-14,17,19,24,32H,2,7-8,15-16,18H2,(H,29,33). The normalized spacial score (nSPS) is 19.7. The quantitative estimate of drug-likeness (QED) is 0.562. The number of benzene rings is 2. The van der Waals surface area contributed by atoms with Crippen molar-refractivity contribution < 1.29 is 9.90 Å². The number of hydrazone groups is 1. The first-order valence-corrected chi connectivity index (χ1v) is 11.6. The Bertz CT molecular complexity index is 1140. The summed E-state index contributed by atoms with van der Waals surface area (Å²) in [6, 6.07) is 20.6. The highest BCUT2D eigenvalue weighted by Crippen LogP contribution is 2.40. The molecule has 1 aromatic heterocycles. The molecule has 1 atom stereocenters. The van der Waals surface area contributed by atoms with Crippen molar-refractivity contribution in [2.24, 2.45) is 5.10 Å². The molecule has 2 amide bonds. The van der Waals surface area contributed by atoms with Gasteiger partial charge in [0.25, 0.3) is 0 Å². The zero-order chi connectivity index (χ0) is 22.7. The third kappa shape index (κ3) is 4.21. The summed E-state index contributed by atoms with van der Waals surface area (Å²) in [7, 11) is 0. The maximum absolute atomic E-state index is 13.8. The molecule has 2 aliphatic rings. The number of phenols is 1. The van der Waals surface area contributed by atoms with E-state index in [4.69, 9.17) is 5.10 Å². The van der Waals surface area contributed by atoms with Crippen LogP contribution in [0.15, 0.2) is 84.2 Å². The van der Waals surface area contributed by atoms with E-state index < -0.39 is 11.6 Å². The first kappa shape index (κ1) is 21.2. The lowest BCUT2D eigenvalue weighted by molar-refractivity contribution is 0.157. The smallest absolute Gasteiger partial charge is 0.339 e. The predicted molar refractivity (Wildman–Crippen MR) is 128 cm³/mol. The summed E-state index contributed by atoms with van der Waals surface area (Å²) in [6.07, 6.45) is 9.11. The van der Waals surface area contributed by atoms with Crippen molar-refractivity contribution in [1.29, 1.82) is 0 Å². The van der Waals surface area contributed by atoms with Crippen molar-refractivity contribution in [3.05, 3.63) is 95.8 Å². The Morgan fingerprint density at radius 3 is 2.45 bits per heavy atom. The van der Waals surface area contributed by atoms with E-state index in [2.05, 4.69) is 22.4 Å². The summed E-state index contributed by atoms with van der Waals surface area (Å²) < 4.78 is 0. The van der Waals surface area contributed by atoms with Crippen molar-refractivity contribution in [3.63, 3.8) is 0 Å². The minimum atomic E-state index is -0.410. The predicted octanol–water partition coefficient (Wildman–Crippen LogP) is 5.51. The summed E-state index contributed by atoms with van der Waals surface area (Å²) >= 11 is 0. The highest BCUT2D eigenvalue weighted by molar-refractivity contribution is 6.03. The van der Waals surface area contributed by atoms with Gasteiger partial charge < -0.3 is 10.4 Å². The Morgan fingerprint density at radius 1 is 0.970 bits per heavy atom. The fourth-order valence-electron chi connectivity index (χ4n) is 5.08. The van der Waals surface area contributed by atoms with Crippen LogP contribution in [0.2, 0.25) is 0 Å². The molecule has 0 radical (unpaired) electrons. The molecule has 168 valence electrons. The van der Waals surface area contributed by atoms with Gasteiger partial charge in [0, 0.05) is 29.9 Å². The van der Waals surface area contributed by atoms with Gasteiger partial charge in [-0.1, -0.05) is 73.9 Å². The fraction of sp³-hybridized carbons (Fsp3) is 0.296. The number of rotatable bonds is 4. The Balaban J connectivity index is 1.50. The number of pyridine rings is 1. The van der Waals surface area contributed by atoms with Crippen molar-refractivity contribution in [2.45, 2.75) is 50.1 Å². The van der Waals surface area contributed by atoms with Crippen molar-refractivity contribution in [3.8, 4) is 5.75 Å². The molecule has 0 spiro atoms. The maximum atomic E-state index is 13.8. The summed E-state index contributed by atoms with van der Waals surface area (Å²) in [5, 5.41) is 20.2. The number of amides is 2. The van der Waals surface area contributed by atoms with E-state index in [0.29, 0.717) is 12.0 Å². The molecule has 0 bridgehead atoms. The first-order chi connectivity index (χ1) is 16.2. The molecule has 2 aromatic carbocycles. The largest absolute Gasteiger partial charge is 0.508 e. The van der Waals surface area contributed by atoms with Gasteiger partial charge in [-0.15, -0.1) is 0 Å². The number of carbonyl (C=O) groups is 1. The SMILES string of the molecule is O=C(NC1(c2ccccc2)CCCCC1)N1N=C(c2cccnc2)CC1c1ccccc1O. The van der Waals surface area contributed by atoms with Gasteiger partial charge in [0.2, 0.25) is 0 Å². The van der Waals surface area contributed by atoms with Gasteiger partial charge in [-0.25, -0.2) is 9.80 Å². The van der Waals surface area contributed by atoms with Crippen LogP contribution in [0.3, 0.4) is 0 Å². The van der Waals surface area contributed by atoms with Crippen LogP contribution in [0.25, 0.3) is 0 Å². The second-order valence-corrected chi connectivity index (χ2v) is 8.85. The number of hydrogen-bond donors (Lipinski definition) is 2. The van der Waals surface area contributed by atoms with Gasteiger partial charge in [0.1, 0.15) is 5.75 Å². The summed E-state index contributed by atoms with van der Waals surface area (Å²) in [5.41, 5.74) is 3.07. The average molecular weight is 441 g/mol.